The zero-order valence-electron chi connectivity index (χ0n) is 17.6. The van der Waals surface area contributed by atoms with E-state index in [0.29, 0.717) is 36.9 Å². The molecular formula is C23H31ClN2O4. The Morgan fingerprint density at radius 1 is 1.07 bits per heavy atom. The van der Waals surface area contributed by atoms with E-state index >= 15 is 0 Å². The van der Waals surface area contributed by atoms with Crippen molar-refractivity contribution in [2.75, 3.05) is 40.0 Å². The molecule has 0 aliphatic carbocycles. The summed E-state index contributed by atoms with van der Waals surface area (Å²) < 4.78 is 17.2. The SMILES string of the molecule is CCOc1cc(C(=O)N2CCCC2CNC)ccc1OCCOc1ccccc1.Cl. The molecule has 1 saturated heterocycles. The lowest BCUT2D eigenvalue weighted by Gasteiger charge is -2.25. The van der Waals surface area contributed by atoms with Crippen LogP contribution < -0.4 is 19.5 Å². The molecule has 3 rings (SSSR count). The molecule has 7 heteroatoms. The van der Waals surface area contributed by atoms with Crippen LogP contribution in [0.4, 0.5) is 0 Å². The summed E-state index contributed by atoms with van der Waals surface area (Å²) in [6.07, 6.45) is 2.08. The van der Waals surface area contributed by atoms with Gasteiger partial charge >= 0.3 is 0 Å². The molecule has 6 nitrogen and oxygen atoms in total. The Morgan fingerprint density at radius 3 is 2.57 bits per heavy atom. The van der Waals surface area contributed by atoms with Gasteiger partial charge in [-0.2, -0.15) is 0 Å². The molecule has 1 fully saturated rings. The summed E-state index contributed by atoms with van der Waals surface area (Å²) in [5.41, 5.74) is 0.629. The van der Waals surface area contributed by atoms with Crippen molar-refractivity contribution < 1.29 is 19.0 Å². The summed E-state index contributed by atoms with van der Waals surface area (Å²) in [4.78, 5) is 15.0. The van der Waals surface area contributed by atoms with Crippen molar-refractivity contribution in [3.8, 4) is 17.2 Å². The summed E-state index contributed by atoms with van der Waals surface area (Å²) >= 11 is 0. The van der Waals surface area contributed by atoms with Crippen molar-refractivity contribution in [1.29, 1.82) is 0 Å². The minimum atomic E-state index is 0. The van der Waals surface area contributed by atoms with E-state index in [2.05, 4.69) is 5.32 Å². The summed E-state index contributed by atoms with van der Waals surface area (Å²) in [6, 6.07) is 15.3. The number of ether oxygens (including phenoxy) is 3. The third-order valence-electron chi connectivity index (χ3n) is 4.92. The van der Waals surface area contributed by atoms with Crippen LogP contribution in [0.3, 0.4) is 0 Å². The first-order valence-electron chi connectivity index (χ1n) is 10.3. The molecule has 0 saturated carbocycles. The monoisotopic (exact) mass is 434 g/mol. The summed E-state index contributed by atoms with van der Waals surface area (Å²) in [6.45, 7) is 4.84. The summed E-state index contributed by atoms with van der Waals surface area (Å²) in [5.74, 6) is 2.06. The third-order valence-corrected chi connectivity index (χ3v) is 4.92. The highest BCUT2D eigenvalue weighted by atomic mass is 35.5. The van der Waals surface area contributed by atoms with Gasteiger partial charge in [-0.25, -0.2) is 0 Å². The first-order valence-corrected chi connectivity index (χ1v) is 10.3. The van der Waals surface area contributed by atoms with E-state index < -0.39 is 0 Å². The summed E-state index contributed by atoms with van der Waals surface area (Å²) in [7, 11) is 1.92. The average molecular weight is 435 g/mol. The van der Waals surface area contributed by atoms with E-state index in [0.717, 1.165) is 31.7 Å². The molecule has 0 radical (unpaired) electrons. The van der Waals surface area contributed by atoms with Crippen molar-refractivity contribution in [3.05, 3.63) is 54.1 Å². The normalized spacial score (nSPS) is 15.4. The molecule has 0 aromatic heterocycles. The van der Waals surface area contributed by atoms with Gasteiger partial charge in [0.15, 0.2) is 11.5 Å². The number of halogens is 1. The molecule has 1 aliphatic heterocycles. The fraction of sp³-hybridized carbons (Fsp3) is 0.435. The Labute approximate surface area is 184 Å². The van der Waals surface area contributed by atoms with Gasteiger partial charge in [-0.15, -0.1) is 12.4 Å². The van der Waals surface area contributed by atoms with Gasteiger partial charge in [0.1, 0.15) is 19.0 Å². The van der Waals surface area contributed by atoms with Crippen LogP contribution in [0.25, 0.3) is 0 Å². The van der Waals surface area contributed by atoms with Crippen LogP contribution >= 0.6 is 12.4 Å². The number of para-hydroxylation sites is 1. The van der Waals surface area contributed by atoms with Crippen molar-refractivity contribution in [1.82, 2.24) is 10.2 Å². The number of nitrogens with zero attached hydrogens (tertiary/aromatic N) is 1. The molecule has 0 bridgehead atoms. The standard InChI is InChI=1S/C23H30N2O4.ClH/c1-3-27-22-16-18(23(26)25-13-7-8-19(25)17-24-2)11-12-21(22)29-15-14-28-20-9-5-4-6-10-20;/h4-6,9-12,16,19,24H,3,7-8,13-15,17H2,1-2H3;1H. The molecule has 0 spiro atoms. The van der Waals surface area contributed by atoms with Gasteiger partial charge in [0.05, 0.1) is 6.61 Å². The molecule has 1 unspecified atom stereocenters. The molecule has 164 valence electrons. The third kappa shape index (κ3) is 6.28. The Balaban J connectivity index is 0.00000320. The Morgan fingerprint density at radius 2 is 1.83 bits per heavy atom. The molecule has 2 aromatic carbocycles. The van der Waals surface area contributed by atoms with Crippen LogP contribution in [0.5, 0.6) is 17.2 Å². The van der Waals surface area contributed by atoms with Crippen LogP contribution in [-0.2, 0) is 0 Å². The number of amides is 1. The highest BCUT2D eigenvalue weighted by molar-refractivity contribution is 5.95. The van der Waals surface area contributed by atoms with E-state index in [1.165, 1.54) is 0 Å². The topological polar surface area (TPSA) is 60.0 Å². The number of hydrogen-bond acceptors (Lipinski definition) is 5. The number of nitrogens with one attached hydrogen (secondary N) is 1. The lowest BCUT2D eigenvalue weighted by molar-refractivity contribution is 0.0736. The second-order valence-corrected chi connectivity index (χ2v) is 6.96. The van der Waals surface area contributed by atoms with Crippen molar-refractivity contribution >= 4 is 18.3 Å². The number of likely N-dealkylation sites (tertiary alicyclic amines) is 1. The van der Waals surface area contributed by atoms with Crippen molar-refractivity contribution in [2.24, 2.45) is 0 Å². The number of likely N-dealkylation sites (N-methyl/N-ethyl adjacent to an activating group) is 1. The average Bonchev–Trinajstić information content (AvgIpc) is 3.21. The maximum Gasteiger partial charge on any atom is 0.254 e. The van der Waals surface area contributed by atoms with Crippen molar-refractivity contribution in [2.45, 2.75) is 25.8 Å². The number of hydrogen-bond donors (Lipinski definition) is 1. The number of carbonyl (C=O) groups is 1. The summed E-state index contributed by atoms with van der Waals surface area (Å²) in [5, 5.41) is 3.18. The first kappa shape index (κ1) is 23.8. The number of carbonyl (C=O) groups excluding carboxylic acids is 1. The Kier molecular flexibility index (Phi) is 9.77. The zero-order valence-corrected chi connectivity index (χ0v) is 18.5. The van der Waals surface area contributed by atoms with Crippen LogP contribution in [-0.4, -0.2) is 56.8 Å². The Bertz CT molecular complexity index is 788. The van der Waals surface area contributed by atoms with Crippen LogP contribution in [0.15, 0.2) is 48.5 Å². The van der Waals surface area contributed by atoms with E-state index in [1.54, 1.807) is 6.07 Å². The molecule has 1 aliphatic rings. The van der Waals surface area contributed by atoms with Gasteiger partial charge < -0.3 is 24.4 Å². The predicted octanol–water partition coefficient (Wildman–Crippen LogP) is 3.79. The number of benzene rings is 2. The van der Waals surface area contributed by atoms with Gasteiger partial charge in [0, 0.05) is 24.7 Å². The van der Waals surface area contributed by atoms with Gasteiger partial charge in [-0.1, -0.05) is 18.2 Å². The lowest BCUT2D eigenvalue weighted by Crippen LogP contribution is -2.40. The van der Waals surface area contributed by atoms with E-state index in [-0.39, 0.29) is 24.4 Å². The molecule has 1 N–H and O–H groups in total. The molecule has 2 aromatic rings. The number of rotatable bonds is 10. The first-order chi connectivity index (χ1) is 14.2. The highest BCUT2D eigenvalue weighted by Crippen LogP contribution is 2.30. The van der Waals surface area contributed by atoms with E-state index in [1.807, 2.05) is 61.3 Å². The fourth-order valence-electron chi connectivity index (χ4n) is 3.57. The van der Waals surface area contributed by atoms with Crippen LogP contribution in [0.2, 0.25) is 0 Å². The maximum atomic E-state index is 13.0. The van der Waals surface area contributed by atoms with Gasteiger partial charge in [0.25, 0.3) is 5.91 Å². The minimum absolute atomic E-state index is 0. The largest absolute Gasteiger partial charge is 0.490 e. The van der Waals surface area contributed by atoms with Gasteiger partial charge in [0.2, 0.25) is 0 Å². The molecule has 1 heterocycles. The van der Waals surface area contributed by atoms with E-state index in [9.17, 15) is 4.79 Å². The second-order valence-electron chi connectivity index (χ2n) is 6.96. The van der Waals surface area contributed by atoms with Crippen LogP contribution in [0, 0.1) is 0 Å². The maximum absolute atomic E-state index is 13.0. The highest BCUT2D eigenvalue weighted by Gasteiger charge is 2.29. The quantitative estimate of drug-likeness (QED) is 0.576. The van der Waals surface area contributed by atoms with Gasteiger partial charge in [-0.05, 0) is 57.1 Å². The van der Waals surface area contributed by atoms with E-state index in [4.69, 9.17) is 14.2 Å². The second kappa shape index (κ2) is 12.3. The van der Waals surface area contributed by atoms with Crippen molar-refractivity contribution in [3.63, 3.8) is 0 Å². The molecular weight excluding hydrogens is 404 g/mol. The van der Waals surface area contributed by atoms with Crippen LogP contribution in [0.1, 0.15) is 30.1 Å². The predicted molar refractivity (Wildman–Crippen MR) is 120 cm³/mol. The molecule has 1 atom stereocenters. The molecule has 1 amide bonds. The smallest absolute Gasteiger partial charge is 0.254 e. The zero-order chi connectivity index (χ0) is 20.5. The minimum Gasteiger partial charge on any atom is -0.490 e. The lowest BCUT2D eigenvalue weighted by atomic mass is 10.1. The van der Waals surface area contributed by atoms with Gasteiger partial charge in [-0.3, -0.25) is 4.79 Å². The molecule has 30 heavy (non-hydrogen) atoms. The fourth-order valence-corrected chi connectivity index (χ4v) is 3.57. The Hall–Kier alpha value is -2.44.